The molecule has 2 aromatic rings. The van der Waals surface area contributed by atoms with Crippen molar-refractivity contribution in [1.82, 2.24) is 0 Å². The minimum atomic E-state index is -4.46. The monoisotopic (exact) mass is 333 g/mol. The van der Waals surface area contributed by atoms with Crippen LogP contribution >= 0.6 is 11.6 Å². The summed E-state index contributed by atoms with van der Waals surface area (Å²) >= 11 is 5.83. The second kappa shape index (κ2) is 6.07. The van der Waals surface area contributed by atoms with E-state index in [-0.39, 0.29) is 10.6 Å². The predicted octanol–water partition coefficient (Wildman–Crippen LogP) is 4.25. The van der Waals surface area contributed by atoms with Gasteiger partial charge in [-0.1, -0.05) is 17.7 Å². The number of hydrogen-bond acceptors (Lipinski definition) is 2. The smallest absolute Gasteiger partial charge is 0.398 e. The summed E-state index contributed by atoms with van der Waals surface area (Å²) in [5.74, 6) is 0.00764. The van der Waals surface area contributed by atoms with Gasteiger partial charge in [-0.2, -0.15) is 13.2 Å². The maximum absolute atomic E-state index is 12.6. The number of nitrogen functional groups attached to an aromatic ring is 1. The first-order chi connectivity index (χ1) is 9.77. The molecular weight excluding hydrogens is 323 g/mol. The number of benzene rings is 2. The zero-order valence-electron chi connectivity index (χ0n) is 10.7. The van der Waals surface area contributed by atoms with E-state index in [0.717, 1.165) is 12.1 Å². The van der Waals surface area contributed by atoms with E-state index in [4.69, 9.17) is 17.3 Å². The number of halogens is 4. The molecule has 21 heavy (non-hydrogen) atoms. The van der Waals surface area contributed by atoms with E-state index in [1.807, 2.05) is 0 Å². The fourth-order valence-corrected chi connectivity index (χ4v) is 3.12. The third-order valence-corrected chi connectivity index (χ3v) is 4.40. The van der Waals surface area contributed by atoms with Gasteiger partial charge >= 0.3 is 6.18 Å². The molecule has 0 saturated heterocycles. The van der Waals surface area contributed by atoms with Crippen LogP contribution in [0.3, 0.4) is 0 Å². The molecule has 0 heterocycles. The van der Waals surface area contributed by atoms with Crippen LogP contribution in [0, 0.1) is 0 Å². The first-order valence-corrected chi connectivity index (χ1v) is 7.56. The molecular formula is C14H11ClF3NOS. The fourth-order valence-electron chi connectivity index (χ4n) is 1.74. The Morgan fingerprint density at radius 1 is 1.14 bits per heavy atom. The van der Waals surface area contributed by atoms with Crippen molar-refractivity contribution in [1.29, 1.82) is 0 Å². The maximum atomic E-state index is 12.6. The Balaban J connectivity index is 2.27. The molecule has 0 aromatic heterocycles. The van der Waals surface area contributed by atoms with Crippen LogP contribution in [0.4, 0.5) is 18.9 Å². The Morgan fingerprint density at radius 2 is 1.86 bits per heavy atom. The van der Waals surface area contributed by atoms with E-state index in [0.29, 0.717) is 16.3 Å². The van der Waals surface area contributed by atoms with E-state index in [9.17, 15) is 17.4 Å². The molecule has 0 aliphatic heterocycles. The first kappa shape index (κ1) is 15.9. The topological polar surface area (TPSA) is 43.1 Å². The highest BCUT2D eigenvalue weighted by atomic mass is 35.5. The molecule has 0 fully saturated rings. The van der Waals surface area contributed by atoms with Gasteiger partial charge in [0.15, 0.2) is 0 Å². The molecule has 2 N–H and O–H groups in total. The third-order valence-electron chi connectivity index (χ3n) is 2.82. The number of hydrogen-bond donors (Lipinski definition) is 1. The Bertz CT molecular complexity index is 688. The quantitative estimate of drug-likeness (QED) is 0.853. The molecule has 0 bridgehead atoms. The van der Waals surface area contributed by atoms with Gasteiger partial charge in [0.2, 0.25) is 0 Å². The van der Waals surface area contributed by atoms with Crippen molar-refractivity contribution in [2.45, 2.75) is 16.8 Å². The van der Waals surface area contributed by atoms with Crippen LogP contribution < -0.4 is 5.73 Å². The van der Waals surface area contributed by atoms with Gasteiger partial charge in [0, 0.05) is 15.6 Å². The van der Waals surface area contributed by atoms with Crippen LogP contribution in [0.5, 0.6) is 0 Å². The van der Waals surface area contributed by atoms with Crippen LogP contribution in [-0.2, 0) is 22.7 Å². The predicted molar refractivity (Wildman–Crippen MR) is 77.4 cm³/mol. The SMILES string of the molecule is Nc1ccc(Cl)cc1CS(=O)c1cccc(C(F)(F)F)c1. The van der Waals surface area contributed by atoms with Crippen LogP contribution in [-0.4, -0.2) is 4.21 Å². The van der Waals surface area contributed by atoms with Gasteiger partial charge in [-0.05, 0) is 42.0 Å². The molecule has 1 atom stereocenters. The van der Waals surface area contributed by atoms with Gasteiger partial charge < -0.3 is 5.73 Å². The summed E-state index contributed by atoms with van der Waals surface area (Å²) in [5.41, 5.74) is 5.86. The van der Waals surface area contributed by atoms with Gasteiger partial charge in [-0.25, -0.2) is 0 Å². The Kier molecular flexibility index (Phi) is 4.58. The summed E-state index contributed by atoms with van der Waals surface area (Å²) in [5, 5.41) is 0.431. The zero-order chi connectivity index (χ0) is 15.6. The molecule has 0 saturated carbocycles. The van der Waals surface area contributed by atoms with Gasteiger partial charge in [0.1, 0.15) is 0 Å². The number of nitrogens with two attached hydrogens (primary N) is 1. The largest absolute Gasteiger partial charge is 0.416 e. The average molecular weight is 334 g/mol. The molecule has 2 aromatic carbocycles. The first-order valence-electron chi connectivity index (χ1n) is 5.87. The third kappa shape index (κ3) is 3.98. The van der Waals surface area contributed by atoms with E-state index in [2.05, 4.69) is 0 Å². The Labute approximate surface area is 127 Å². The summed E-state index contributed by atoms with van der Waals surface area (Å²) in [6, 6.07) is 9.17. The molecule has 1 unspecified atom stereocenters. The highest BCUT2D eigenvalue weighted by Gasteiger charge is 2.30. The van der Waals surface area contributed by atoms with Crippen molar-refractivity contribution >= 4 is 28.1 Å². The van der Waals surface area contributed by atoms with E-state index in [1.54, 1.807) is 18.2 Å². The number of rotatable bonds is 3. The second-order valence-corrected chi connectivity index (χ2v) is 6.25. The lowest BCUT2D eigenvalue weighted by Crippen LogP contribution is -2.06. The summed E-state index contributed by atoms with van der Waals surface area (Å²) in [4.78, 5) is 0.101. The van der Waals surface area contributed by atoms with Crippen molar-refractivity contribution < 1.29 is 17.4 Å². The van der Waals surface area contributed by atoms with E-state index < -0.39 is 22.5 Å². The summed E-state index contributed by atoms with van der Waals surface area (Å²) in [6.45, 7) is 0. The van der Waals surface area contributed by atoms with Crippen LogP contribution in [0.15, 0.2) is 47.4 Å². The molecule has 0 radical (unpaired) electrons. The van der Waals surface area contributed by atoms with Crippen molar-refractivity contribution in [3.8, 4) is 0 Å². The molecule has 112 valence electrons. The highest BCUT2D eigenvalue weighted by Crippen LogP contribution is 2.30. The van der Waals surface area contributed by atoms with E-state index in [1.165, 1.54) is 12.1 Å². The number of alkyl halides is 3. The summed E-state index contributed by atoms with van der Waals surface area (Å²) in [7, 11) is -1.64. The lowest BCUT2D eigenvalue weighted by Gasteiger charge is -2.10. The van der Waals surface area contributed by atoms with Crippen molar-refractivity contribution in [2.75, 3.05) is 5.73 Å². The lowest BCUT2D eigenvalue weighted by molar-refractivity contribution is -0.137. The molecule has 2 nitrogen and oxygen atoms in total. The van der Waals surface area contributed by atoms with Crippen LogP contribution in [0.2, 0.25) is 5.02 Å². The van der Waals surface area contributed by atoms with E-state index >= 15 is 0 Å². The number of anilines is 1. The zero-order valence-corrected chi connectivity index (χ0v) is 12.2. The molecule has 2 rings (SSSR count). The van der Waals surface area contributed by atoms with Gasteiger partial charge in [0.05, 0.1) is 22.1 Å². The lowest BCUT2D eigenvalue weighted by atomic mass is 10.2. The summed E-state index contributed by atoms with van der Waals surface area (Å²) in [6.07, 6.45) is -4.46. The standard InChI is InChI=1S/C14H11ClF3NOS/c15-11-4-5-13(19)9(6-11)8-21(20)12-3-1-2-10(7-12)14(16,17)18/h1-7H,8,19H2. The Morgan fingerprint density at radius 3 is 2.52 bits per heavy atom. The second-order valence-electron chi connectivity index (χ2n) is 4.36. The van der Waals surface area contributed by atoms with Crippen LogP contribution in [0.25, 0.3) is 0 Å². The highest BCUT2D eigenvalue weighted by molar-refractivity contribution is 7.84. The fraction of sp³-hybridized carbons (Fsp3) is 0.143. The summed E-state index contributed by atoms with van der Waals surface area (Å²) < 4.78 is 50.1. The van der Waals surface area contributed by atoms with Crippen molar-refractivity contribution in [2.24, 2.45) is 0 Å². The Hall–Kier alpha value is -1.53. The normalized spacial score (nSPS) is 13.1. The van der Waals surface area contributed by atoms with Crippen molar-refractivity contribution in [3.63, 3.8) is 0 Å². The van der Waals surface area contributed by atoms with Gasteiger partial charge in [0.25, 0.3) is 0 Å². The minimum Gasteiger partial charge on any atom is -0.398 e. The molecule has 7 heteroatoms. The average Bonchev–Trinajstić information content (AvgIpc) is 2.42. The molecule has 0 spiro atoms. The maximum Gasteiger partial charge on any atom is 0.416 e. The van der Waals surface area contributed by atoms with Crippen molar-refractivity contribution in [3.05, 3.63) is 58.6 Å². The van der Waals surface area contributed by atoms with Gasteiger partial charge in [-0.15, -0.1) is 0 Å². The molecule has 0 aliphatic rings. The minimum absolute atomic E-state index is 0.00764. The molecule has 0 aliphatic carbocycles. The van der Waals surface area contributed by atoms with Gasteiger partial charge in [-0.3, -0.25) is 4.21 Å². The van der Waals surface area contributed by atoms with Crippen LogP contribution in [0.1, 0.15) is 11.1 Å². The molecule has 0 amide bonds.